The van der Waals surface area contributed by atoms with Gasteiger partial charge in [0.25, 0.3) is 0 Å². The lowest BCUT2D eigenvalue weighted by molar-refractivity contribution is -0.117. The number of nitrogens with zero attached hydrogens (tertiary/aromatic N) is 1. The first-order valence-electron chi connectivity index (χ1n) is 8.92. The molecule has 0 unspecified atom stereocenters. The lowest BCUT2D eigenvalue weighted by Gasteiger charge is -2.17. The Labute approximate surface area is 155 Å². The first-order chi connectivity index (χ1) is 12.4. The molecule has 1 fully saturated rings. The molecule has 2 aromatic rings. The van der Waals surface area contributed by atoms with Crippen molar-refractivity contribution in [1.29, 1.82) is 0 Å². The molecule has 0 radical (unpaired) electrons. The molecule has 1 N–H and O–H groups in total. The molecule has 0 spiro atoms. The Morgan fingerprint density at radius 2 is 1.73 bits per heavy atom. The van der Waals surface area contributed by atoms with E-state index in [9.17, 15) is 13.2 Å². The molecule has 1 heterocycles. The van der Waals surface area contributed by atoms with E-state index >= 15 is 0 Å². The minimum Gasteiger partial charge on any atom is -0.312 e. The van der Waals surface area contributed by atoms with Gasteiger partial charge in [0.05, 0.1) is 4.90 Å². The fourth-order valence-corrected chi connectivity index (χ4v) is 4.37. The van der Waals surface area contributed by atoms with Gasteiger partial charge in [0.1, 0.15) is 0 Å². The van der Waals surface area contributed by atoms with Gasteiger partial charge in [-0.2, -0.15) is 0 Å². The van der Waals surface area contributed by atoms with Crippen molar-refractivity contribution in [3.63, 3.8) is 0 Å². The number of hydrogen-bond donors (Lipinski definition) is 1. The summed E-state index contributed by atoms with van der Waals surface area (Å²) in [4.78, 5) is 13.7. The van der Waals surface area contributed by atoms with Gasteiger partial charge in [-0.25, -0.2) is 13.1 Å². The number of sulfonamides is 1. The summed E-state index contributed by atoms with van der Waals surface area (Å²) in [5.74, 6) is 0.0860. The maximum Gasteiger partial charge on any atom is 0.241 e. The average Bonchev–Trinajstić information content (AvgIpc) is 3.07. The zero-order chi connectivity index (χ0) is 18.7. The number of rotatable bonds is 6. The van der Waals surface area contributed by atoms with Gasteiger partial charge in [-0.1, -0.05) is 31.2 Å². The van der Waals surface area contributed by atoms with Crippen molar-refractivity contribution in [1.82, 2.24) is 4.72 Å². The SMILES string of the molecule is CCc1ccc([C@@H](C)NS(=O)(=O)c2ccc(N3CCCC3=O)cc2)cc1. The summed E-state index contributed by atoms with van der Waals surface area (Å²) in [6.45, 7) is 4.60. The topological polar surface area (TPSA) is 66.5 Å². The largest absolute Gasteiger partial charge is 0.312 e. The molecule has 1 amide bonds. The smallest absolute Gasteiger partial charge is 0.241 e. The average molecular weight is 372 g/mol. The number of carbonyl (C=O) groups excluding carboxylic acids is 1. The molecule has 0 aromatic heterocycles. The first kappa shape index (κ1) is 18.6. The number of nitrogens with one attached hydrogen (secondary N) is 1. The Hall–Kier alpha value is -2.18. The quantitative estimate of drug-likeness (QED) is 0.845. The third-order valence-corrected chi connectivity index (χ3v) is 6.31. The monoisotopic (exact) mass is 372 g/mol. The van der Waals surface area contributed by atoms with Crippen LogP contribution in [0.5, 0.6) is 0 Å². The Kier molecular flexibility index (Phi) is 5.44. The highest BCUT2D eigenvalue weighted by Gasteiger charge is 2.23. The summed E-state index contributed by atoms with van der Waals surface area (Å²) in [7, 11) is -3.63. The molecule has 1 saturated heterocycles. The zero-order valence-electron chi connectivity index (χ0n) is 15.1. The third-order valence-electron chi connectivity index (χ3n) is 4.75. The van der Waals surface area contributed by atoms with Crippen LogP contribution in [-0.2, 0) is 21.2 Å². The summed E-state index contributed by atoms with van der Waals surface area (Å²) >= 11 is 0. The molecule has 6 heteroatoms. The molecule has 2 aromatic carbocycles. The third kappa shape index (κ3) is 3.97. The first-order valence-corrected chi connectivity index (χ1v) is 10.4. The van der Waals surface area contributed by atoms with Gasteiger partial charge in [-0.05, 0) is 55.2 Å². The molecule has 0 saturated carbocycles. The van der Waals surface area contributed by atoms with Crippen molar-refractivity contribution in [2.45, 2.75) is 44.0 Å². The van der Waals surface area contributed by atoms with Gasteiger partial charge in [-0.15, -0.1) is 0 Å². The standard InChI is InChI=1S/C20H24N2O3S/c1-3-16-6-8-17(9-7-16)15(2)21-26(24,25)19-12-10-18(11-13-19)22-14-4-5-20(22)23/h6-13,15,21H,3-5,14H2,1-2H3/t15-/m1/s1. The Bertz CT molecular complexity index is 874. The Morgan fingerprint density at radius 1 is 1.08 bits per heavy atom. The van der Waals surface area contributed by atoms with Gasteiger partial charge in [0, 0.05) is 24.7 Å². The Morgan fingerprint density at radius 3 is 2.27 bits per heavy atom. The van der Waals surface area contributed by atoms with Crippen LogP contribution in [0.4, 0.5) is 5.69 Å². The summed E-state index contributed by atoms with van der Waals surface area (Å²) in [6, 6.07) is 14.1. The van der Waals surface area contributed by atoms with E-state index in [0.717, 1.165) is 24.1 Å². The van der Waals surface area contributed by atoms with Crippen LogP contribution in [0.25, 0.3) is 0 Å². The minimum atomic E-state index is -3.63. The highest BCUT2D eigenvalue weighted by atomic mass is 32.2. The van der Waals surface area contributed by atoms with E-state index in [1.807, 2.05) is 31.2 Å². The van der Waals surface area contributed by atoms with Crippen molar-refractivity contribution in [2.24, 2.45) is 0 Å². The van der Waals surface area contributed by atoms with Crippen LogP contribution in [0.15, 0.2) is 53.4 Å². The van der Waals surface area contributed by atoms with Gasteiger partial charge in [0.15, 0.2) is 0 Å². The maximum absolute atomic E-state index is 12.6. The van der Waals surface area contributed by atoms with Crippen LogP contribution in [0.1, 0.15) is 43.9 Å². The molecule has 138 valence electrons. The van der Waals surface area contributed by atoms with Gasteiger partial charge in [-0.3, -0.25) is 4.79 Å². The lowest BCUT2D eigenvalue weighted by atomic mass is 10.1. The fraction of sp³-hybridized carbons (Fsp3) is 0.350. The number of anilines is 1. The van der Waals surface area contributed by atoms with Crippen molar-refractivity contribution in [2.75, 3.05) is 11.4 Å². The normalized spacial score (nSPS) is 16.1. The highest BCUT2D eigenvalue weighted by molar-refractivity contribution is 7.89. The second-order valence-electron chi connectivity index (χ2n) is 6.58. The summed E-state index contributed by atoms with van der Waals surface area (Å²) < 4.78 is 28.0. The summed E-state index contributed by atoms with van der Waals surface area (Å²) in [6.07, 6.45) is 2.34. The van der Waals surface area contributed by atoms with Crippen molar-refractivity contribution in [3.8, 4) is 0 Å². The molecule has 3 rings (SSSR count). The molecule has 1 aliphatic rings. The van der Waals surface area contributed by atoms with Crippen molar-refractivity contribution >= 4 is 21.6 Å². The number of amides is 1. The van der Waals surface area contributed by atoms with Crippen LogP contribution in [0.2, 0.25) is 0 Å². The maximum atomic E-state index is 12.6. The number of benzene rings is 2. The number of carbonyl (C=O) groups is 1. The van der Waals surface area contributed by atoms with E-state index in [1.54, 1.807) is 29.2 Å². The van der Waals surface area contributed by atoms with Crippen LogP contribution in [0.3, 0.4) is 0 Å². The number of hydrogen-bond acceptors (Lipinski definition) is 3. The van der Waals surface area contributed by atoms with Crippen molar-refractivity contribution < 1.29 is 13.2 Å². The van der Waals surface area contributed by atoms with E-state index in [4.69, 9.17) is 0 Å². The minimum absolute atomic E-state index is 0.0860. The van der Waals surface area contributed by atoms with E-state index in [0.29, 0.717) is 13.0 Å². The van der Waals surface area contributed by atoms with Crippen molar-refractivity contribution in [3.05, 3.63) is 59.7 Å². The Balaban J connectivity index is 1.73. The lowest BCUT2D eigenvalue weighted by Crippen LogP contribution is -2.27. The molecule has 1 atom stereocenters. The molecule has 0 bridgehead atoms. The zero-order valence-corrected chi connectivity index (χ0v) is 15.9. The van der Waals surface area contributed by atoms with E-state index in [1.165, 1.54) is 5.56 Å². The molecule has 0 aliphatic carbocycles. The molecule has 5 nitrogen and oxygen atoms in total. The molecule has 26 heavy (non-hydrogen) atoms. The highest BCUT2D eigenvalue weighted by Crippen LogP contribution is 2.24. The van der Waals surface area contributed by atoms with Gasteiger partial charge < -0.3 is 4.90 Å². The summed E-state index contributed by atoms with van der Waals surface area (Å²) in [5, 5.41) is 0. The van der Waals surface area contributed by atoms with Crippen LogP contribution in [-0.4, -0.2) is 20.9 Å². The van der Waals surface area contributed by atoms with E-state index in [-0.39, 0.29) is 16.8 Å². The second kappa shape index (κ2) is 7.60. The van der Waals surface area contributed by atoms with E-state index in [2.05, 4.69) is 11.6 Å². The predicted molar refractivity (Wildman–Crippen MR) is 103 cm³/mol. The van der Waals surface area contributed by atoms with Crippen LogP contribution >= 0.6 is 0 Å². The van der Waals surface area contributed by atoms with Gasteiger partial charge >= 0.3 is 0 Å². The van der Waals surface area contributed by atoms with Crippen LogP contribution in [0, 0.1) is 0 Å². The van der Waals surface area contributed by atoms with Crippen LogP contribution < -0.4 is 9.62 Å². The molecular weight excluding hydrogens is 348 g/mol. The number of aryl methyl sites for hydroxylation is 1. The van der Waals surface area contributed by atoms with Gasteiger partial charge in [0.2, 0.25) is 15.9 Å². The van der Waals surface area contributed by atoms with E-state index < -0.39 is 10.0 Å². The second-order valence-corrected chi connectivity index (χ2v) is 8.29. The fourth-order valence-electron chi connectivity index (χ4n) is 3.14. The molecular formula is C20H24N2O3S. The molecule has 1 aliphatic heterocycles. The predicted octanol–water partition coefficient (Wildman–Crippen LogP) is 3.42. The summed E-state index contributed by atoms with van der Waals surface area (Å²) in [5.41, 5.74) is 2.88.